The Morgan fingerprint density at radius 1 is 1.53 bits per heavy atom. The molecule has 0 amide bonds. The van der Waals surface area contributed by atoms with Crippen molar-refractivity contribution in [2.45, 2.75) is 39.3 Å². The highest BCUT2D eigenvalue weighted by Crippen LogP contribution is 2.18. The number of rotatable bonds is 5. The van der Waals surface area contributed by atoms with Crippen LogP contribution >= 0.6 is 11.6 Å². The third-order valence-electron chi connectivity index (χ3n) is 3.32. The van der Waals surface area contributed by atoms with Gasteiger partial charge in [-0.2, -0.15) is 5.10 Å². The second-order valence-electron chi connectivity index (χ2n) is 4.80. The van der Waals surface area contributed by atoms with E-state index in [1.807, 2.05) is 4.68 Å². The molecule has 0 N–H and O–H groups in total. The van der Waals surface area contributed by atoms with E-state index in [0.717, 1.165) is 44.3 Å². The van der Waals surface area contributed by atoms with E-state index in [9.17, 15) is 0 Å². The van der Waals surface area contributed by atoms with Crippen LogP contribution in [0.1, 0.15) is 32.0 Å². The van der Waals surface area contributed by atoms with Gasteiger partial charge in [-0.15, -0.1) is 11.6 Å². The van der Waals surface area contributed by atoms with E-state index in [2.05, 4.69) is 21.9 Å². The lowest BCUT2D eigenvalue weighted by molar-refractivity contribution is 0.171. The van der Waals surface area contributed by atoms with Crippen LogP contribution in [0.5, 0.6) is 0 Å². The van der Waals surface area contributed by atoms with Gasteiger partial charge in [0.2, 0.25) is 0 Å². The molecule has 5 heteroatoms. The molecule has 0 saturated carbocycles. The van der Waals surface area contributed by atoms with Gasteiger partial charge in [0.1, 0.15) is 12.2 Å². The molecule has 1 aromatic rings. The van der Waals surface area contributed by atoms with Gasteiger partial charge in [0.25, 0.3) is 0 Å². The zero-order valence-corrected chi connectivity index (χ0v) is 11.2. The van der Waals surface area contributed by atoms with Crippen molar-refractivity contribution in [1.29, 1.82) is 0 Å². The monoisotopic (exact) mass is 256 g/mol. The number of hydrogen-bond acceptors (Lipinski definition) is 3. The van der Waals surface area contributed by atoms with Gasteiger partial charge in [-0.3, -0.25) is 4.90 Å². The van der Waals surface area contributed by atoms with E-state index in [1.165, 1.54) is 12.8 Å². The summed E-state index contributed by atoms with van der Waals surface area (Å²) < 4.78 is 2.02. The first-order valence-corrected chi connectivity index (χ1v) is 7.02. The van der Waals surface area contributed by atoms with Crippen molar-refractivity contribution >= 4 is 11.6 Å². The molecule has 2 heterocycles. The predicted octanol–water partition coefficient (Wildman–Crippen LogP) is 2.14. The van der Waals surface area contributed by atoms with Gasteiger partial charge >= 0.3 is 0 Å². The summed E-state index contributed by atoms with van der Waals surface area (Å²) in [5.41, 5.74) is 0. The van der Waals surface area contributed by atoms with Crippen molar-refractivity contribution in [3.05, 3.63) is 12.2 Å². The molecule has 1 aliphatic rings. The summed E-state index contributed by atoms with van der Waals surface area (Å²) in [7, 11) is 0. The molecule has 1 saturated heterocycles. The lowest BCUT2D eigenvalue weighted by atomic mass is 10.0. The number of aromatic nitrogens is 3. The molecule has 0 aliphatic carbocycles. The molecule has 1 aliphatic heterocycles. The van der Waals surface area contributed by atoms with Crippen molar-refractivity contribution < 1.29 is 0 Å². The van der Waals surface area contributed by atoms with Gasteiger partial charge < -0.3 is 0 Å². The number of piperidine rings is 1. The first-order chi connectivity index (χ1) is 8.33. The topological polar surface area (TPSA) is 34.0 Å². The van der Waals surface area contributed by atoms with Gasteiger partial charge in [0.15, 0.2) is 0 Å². The van der Waals surface area contributed by atoms with Gasteiger partial charge in [0.05, 0.1) is 6.54 Å². The average molecular weight is 257 g/mol. The van der Waals surface area contributed by atoms with Crippen LogP contribution in [0.15, 0.2) is 6.33 Å². The molecule has 0 aromatic carbocycles. The van der Waals surface area contributed by atoms with E-state index in [4.69, 9.17) is 11.6 Å². The summed E-state index contributed by atoms with van der Waals surface area (Å²) >= 11 is 5.95. The number of halogens is 1. The van der Waals surface area contributed by atoms with Crippen LogP contribution in [0.4, 0.5) is 0 Å². The summed E-state index contributed by atoms with van der Waals surface area (Å²) in [5.74, 6) is 2.51. The van der Waals surface area contributed by atoms with Gasteiger partial charge in [-0.05, 0) is 31.7 Å². The molecule has 4 nitrogen and oxygen atoms in total. The fourth-order valence-electron chi connectivity index (χ4n) is 2.43. The highest BCUT2D eigenvalue weighted by molar-refractivity contribution is 6.18. The first kappa shape index (κ1) is 12.8. The Kier molecular flexibility index (Phi) is 4.80. The molecular weight excluding hydrogens is 236 g/mol. The molecule has 96 valence electrons. The van der Waals surface area contributed by atoms with E-state index >= 15 is 0 Å². The smallest absolute Gasteiger partial charge is 0.141 e. The van der Waals surface area contributed by atoms with Crippen molar-refractivity contribution in [3.8, 4) is 0 Å². The number of hydrogen-bond donors (Lipinski definition) is 0. The number of nitrogens with zero attached hydrogens (tertiary/aromatic N) is 4. The maximum Gasteiger partial charge on any atom is 0.141 e. The van der Waals surface area contributed by atoms with Crippen molar-refractivity contribution in [1.82, 2.24) is 19.7 Å². The van der Waals surface area contributed by atoms with Gasteiger partial charge in [-0.25, -0.2) is 9.67 Å². The minimum absolute atomic E-state index is 0.646. The number of likely N-dealkylation sites (tertiary alicyclic amines) is 1. The largest absolute Gasteiger partial charge is 0.296 e. The normalized spacial score (nSPS) is 21.9. The van der Waals surface area contributed by atoms with E-state index < -0.39 is 0 Å². The molecule has 1 aromatic heterocycles. The van der Waals surface area contributed by atoms with Crippen LogP contribution in [0.3, 0.4) is 0 Å². The minimum atomic E-state index is 0.646. The third kappa shape index (κ3) is 3.42. The van der Waals surface area contributed by atoms with Gasteiger partial charge in [-0.1, -0.05) is 6.92 Å². The first-order valence-electron chi connectivity index (χ1n) is 6.48. The summed E-state index contributed by atoms with van der Waals surface area (Å²) in [6.45, 7) is 6.29. The van der Waals surface area contributed by atoms with Crippen molar-refractivity contribution in [3.63, 3.8) is 0 Å². The molecule has 0 bridgehead atoms. The Morgan fingerprint density at radius 3 is 3.18 bits per heavy atom. The van der Waals surface area contributed by atoms with E-state index in [-0.39, 0.29) is 0 Å². The molecule has 1 atom stereocenters. The zero-order valence-electron chi connectivity index (χ0n) is 10.5. The summed E-state index contributed by atoms with van der Waals surface area (Å²) in [5, 5.41) is 4.26. The van der Waals surface area contributed by atoms with Gasteiger partial charge in [0, 0.05) is 19.0 Å². The Hall–Kier alpha value is -0.610. The fourth-order valence-corrected chi connectivity index (χ4v) is 2.68. The average Bonchev–Trinajstić information content (AvgIpc) is 2.78. The molecule has 17 heavy (non-hydrogen) atoms. The maximum atomic E-state index is 5.95. The molecule has 1 fully saturated rings. The third-order valence-corrected chi connectivity index (χ3v) is 3.75. The van der Waals surface area contributed by atoms with E-state index in [0.29, 0.717) is 5.92 Å². The quantitative estimate of drug-likeness (QED) is 0.757. The SMILES string of the molecule is CCCn1ncnc1CN1CCCC(CCl)C1. The molecule has 0 radical (unpaired) electrons. The van der Waals surface area contributed by atoms with Crippen LogP contribution in [0.25, 0.3) is 0 Å². The van der Waals surface area contributed by atoms with Crippen LogP contribution in [-0.2, 0) is 13.1 Å². The molecule has 2 rings (SSSR count). The Morgan fingerprint density at radius 2 is 2.41 bits per heavy atom. The Bertz CT molecular complexity index is 339. The Balaban J connectivity index is 1.93. The second-order valence-corrected chi connectivity index (χ2v) is 5.11. The fraction of sp³-hybridized carbons (Fsp3) is 0.833. The molecule has 0 spiro atoms. The number of alkyl halides is 1. The van der Waals surface area contributed by atoms with E-state index in [1.54, 1.807) is 6.33 Å². The second kappa shape index (κ2) is 6.36. The van der Waals surface area contributed by atoms with Crippen LogP contribution < -0.4 is 0 Å². The Labute approximate surface area is 108 Å². The zero-order chi connectivity index (χ0) is 12.1. The number of aryl methyl sites for hydroxylation is 1. The molecular formula is C12H21ClN4. The highest BCUT2D eigenvalue weighted by atomic mass is 35.5. The van der Waals surface area contributed by atoms with Crippen molar-refractivity contribution in [2.75, 3.05) is 19.0 Å². The summed E-state index contributed by atoms with van der Waals surface area (Å²) in [6.07, 6.45) is 5.27. The summed E-state index contributed by atoms with van der Waals surface area (Å²) in [4.78, 5) is 6.81. The standard InChI is InChI=1S/C12H21ClN4/c1-2-5-17-12(14-10-15-17)9-16-6-3-4-11(7-13)8-16/h10-11H,2-9H2,1H3. The lowest BCUT2D eigenvalue weighted by Gasteiger charge is -2.31. The van der Waals surface area contributed by atoms with Crippen LogP contribution in [0, 0.1) is 5.92 Å². The van der Waals surface area contributed by atoms with Crippen LogP contribution in [0.2, 0.25) is 0 Å². The minimum Gasteiger partial charge on any atom is -0.296 e. The molecule has 1 unspecified atom stereocenters. The predicted molar refractivity (Wildman–Crippen MR) is 69.0 cm³/mol. The highest BCUT2D eigenvalue weighted by Gasteiger charge is 2.20. The van der Waals surface area contributed by atoms with Crippen molar-refractivity contribution in [2.24, 2.45) is 5.92 Å². The lowest BCUT2D eigenvalue weighted by Crippen LogP contribution is -2.36. The van der Waals surface area contributed by atoms with Crippen LogP contribution in [-0.4, -0.2) is 38.6 Å². The maximum absolute atomic E-state index is 5.95. The summed E-state index contributed by atoms with van der Waals surface area (Å²) in [6, 6.07) is 0.